The lowest BCUT2D eigenvalue weighted by atomic mass is 10.5. The van der Waals surface area contributed by atoms with Crippen molar-refractivity contribution in [1.82, 2.24) is 10.4 Å². The number of amides is 1. The van der Waals surface area contributed by atoms with E-state index in [2.05, 4.69) is 5.48 Å². The van der Waals surface area contributed by atoms with Crippen molar-refractivity contribution < 1.29 is 9.63 Å². The molecule has 1 amide bonds. The molecular formula is C6H14N2O2. The molecule has 4 nitrogen and oxygen atoms in total. The quantitative estimate of drug-likeness (QED) is 0.434. The molecule has 0 aromatic rings. The van der Waals surface area contributed by atoms with Gasteiger partial charge in [-0.2, -0.15) is 0 Å². The summed E-state index contributed by atoms with van der Waals surface area (Å²) in [5.41, 5.74) is 2.52. The number of rotatable bonds is 4. The Labute approximate surface area is 61.1 Å². The van der Waals surface area contributed by atoms with Crippen molar-refractivity contribution in [2.75, 3.05) is 27.2 Å². The van der Waals surface area contributed by atoms with E-state index in [1.807, 2.05) is 0 Å². The van der Waals surface area contributed by atoms with Crippen molar-refractivity contribution in [2.45, 2.75) is 6.92 Å². The fraction of sp³-hybridized carbons (Fsp3) is 0.833. The van der Waals surface area contributed by atoms with Crippen molar-refractivity contribution in [1.29, 1.82) is 0 Å². The van der Waals surface area contributed by atoms with Gasteiger partial charge in [0.2, 0.25) is 5.91 Å². The largest absolute Gasteiger partial charge is 0.344 e. The van der Waals surface area contributed by atoms with Crippen LogP contribution in [0.15, 0.2) is 0 Å². The number of hydroxylamine groups is 1. The molecule has 0 aliphatic rings. The van der Waals surface area contributed by atoms with Gasteiger partial charge in [0.25, 0.3) is 0 Å². The van der Waals surface area contributed by atoms with Gasteiger partial charge in [-0.1, -0.05) is 0 Å². The molecule has 60 valence electrons. The Morgan fingerprint density at radius 2 is 2.30 bits per heavy atom. The monoisotopic (exact) mass is 146 g/mol. The Morgan fingerprint density at radius 1 is 1.70 bits per heavy atom. The molecule has 0 heterocycles. The second-order valence-electron chi connectivity index (χ2n) is 1.99. The maximum Gasteiger partial charge on any atom is 0.219 e. The van der Waals surface area contributed by atoms with Crippen molar-refractivity contribution in [3.05, 3.63) is 0 Å². The molecular weight excluding hydrogens is 132 g/mol. The fourth-order valence-corrected chi connectivity index (χ4v) is 0.442. The topological polar surface area (TPSA) is 41.6 Å². The molecule has 4 heteroatoms. The Hall–Kier alpha value is -0.610. The van der Waals surface area contributed by atoms with Crippen molar-refractivity contribution in [3.8, 4) is 0 Å². The maximum atomic E-state index is 10.6. The highest BCUT2D eigenvalue weighted by atomic mass is 16.6. The van der Waals surface area contributed by atoms with E-state index < -0.39 is 0 Å². The third kappa shape index (κ3) is 4.29. The Morgan fingerprint density at radius 3 is 2.70 bits per heavy atom. The first-order chi connectivity index (χ1) is 4.68. The molecule has 0 aromatic carbocycles. The highest BCUT2D eigenvalue weighted by molar-refractivity contribution is 5.72. The molecule has 0 saturated heterocycles. The minimum absolute atomic E-state index is 0.0553. The molecule has 0 aliphatic carbocycles. The summed E-state index contributed by atoms with van der Waals surface area (Å²) >= 11 is 0. The normalized spacial score (nSPS) is 9.50. The number of hydrogen-bond donors (Lipinski definition) is 1. The number of carbonyl (C=O) groups excluding carboxylic acids is 1. The van der Waals surface area contributed by atoms with Gasteiger partial charge in [-0.05, 0) is 0 Å². The summed E-state index contributed by atoms with van der Waals surface area (Å²) in [6.45, 7) is 2.67. The van der Waals surface area contributed by atoms with Gasteiger partial charge in [-0.25, -0.2) is 5.48 Å². The SMILES string of the molecule is CNOCCN(C)C(C)=O. The average Bonchev–Trinajstić information content (AvgIpc) is 1.88. The second-order valence-corrected chi connectivity index (χ2v) is 1.99. The standard InChI is InChI=1S/C6H14N2O2/c1-6(9)8(3)4-5-10-7-2/h7H,4-5H2,1-3H3. The van der Waals surface area contributed by atoms with E-state index in [0.717, 1.165) is 0 Å². The number of nitrogens with zero attached hydrogens (tertiary/aromatic N) is 1. The molecule has 10 heavy (non-hydrogen) atoms. The molecule has 0 saturated carbocycles. The highest BCUT2D eigenvalue weighted by Crippen LogP contribution is 1.81. The van der Waals surface area contributed by atoms with Crippen LogP contribution in [0.2, 0.25) is 0 Å². The summed E-state index contributed by atoms with van der Waals surface area (Å²) in [7, 11) is 3.43. The minimum Gasteiger partial charge on any atom is -0.344 e. The summed E-state index contributed by atoms with van der Waals surface area (Å²) in [4.78, 5) is 17.0. The van der Waals surface area contributed by atoms with Crippen LogP contribution in [0.4, 0.5) is 0 Å². The van der Waals surface area contributed by atoms with Gasteiger partial charge >= 0.3 is 0 Å². The molecule has 0 atom stereocenters. The van der Waals surface area contributed by atoms with Crippen LogP contribution in [-0.4, -0.2) is 38.1 Å². The predicted molar refractivity (Wildman–Crippen MR) is 38.3 cm³/mol. The van der Waals surface area contributed by atoms with Crippen molar-refractivity contribution >= 4 is 5.91 Å². The van der Waals surface area contributed by atoms with Crippen LogP contribution in [0, 0.1) is 0 Å². The number of likely N-dealkylation sites (N-methyl/N-ethyl adjacent to an activating group) is 1. The molecule has 0 fully saturated rings. The zero-order valence-electron chi connectivity index (χ0n) is 6.68. The summed E-state index contributed by atoms with van der Waals surface area (Å²) in [5.74, 6) is 0.0553. The lowest BCUT2D eigenvalue weighted by Gasteiger charge is -2.13. The molecule has 0 aromatic heterocycles. The van der Waals surface area contributed by atoms with Gasteiger partial charge < -0.3 is 9.74 Å². The Kier molecular flexibility index (Phi) is 4.88. The van der Waals surface area contributed by atoms with E-state index >= 15 is 0 Å². The van der Waals surface area contributed by atoms with Crippen LogP contribution in [-0.2, 0) is 9.63 Å². The van der Waals surface area contributed by atoms with Gasteiger partial charge in [0.15, 0.2) is 0 Å². The zero-order chi connectivity index (χ0) is 7.98. The fourth-order valence-electron chi connectivity index (χ4n) is 0.442. The molecule has 1 N–H and O–H groups in total. The summed E-state index contributed by atoms with van der Waals surface area (Å²) in [6, 6.07) is 0. The smallest absolute Gasteiger partial charge is 0.219 e. The number of nitrogens with one attached hydrogen (secondary N) is 1. The van der Waals surface area contributed by atoms with Gasteiger partial charge in [0, 0.05) is 27.6 Å². The summed E-state index contributed by atoms with van der Waals surface area (Å²) < 4.78 is 0. The van der Waals surface area contributed by atoms with Crippen LogP contribution < -0.4 is 5.48 Å². The first-order valence-corrected chi connectivity index (χ1v) is 3.18. The van der Waals surface area contributed by atoms with Gasteiger partial charge in [0.05, 0.1) is 6.61 Å². The average molecular weight is 146 g/mol. The van der Waals surface area contributed by atoms with Crippen LogP contribution in [0.5, 0.6) is 0 Å². The molecule has 0 spiro atoms. The highest BCUT2D eigenvalue weighted by Gasteiger charge is 1.99. The molecule has 0 unspecified atom stereocenters. The Balaban J connectivity index is 3.21. The lowest BCUT2D eigenvalue weighted by molar-refractivity contribution is -0.128. The number of hydrogen-bond acceptors (Lipinski definition) is 3. The van der Waals surface area contributed by atoms with Crippen LogP contribution in [0.1, 0.15) is 6.92 Å². The van der Waals surface area contributed by atoms with Gasteiger partial charge in [-0.3, -0.25) is 4.79 Å². The second kappa shape index (κ2) is 5.20. The minimum atomic E-state index is 0.0553. The first-order valence-electron chi connectivity index (χ1n) is 3.18. The number of carbonyl (C=O) groups is 1. The third-order valence-corrected chi connectivity index (χ3v) is 1.21. The van der Waals surface area contributed by atoms with Crippen LogP contribution >= 0.6 is 0 Å². The van der Waals surface area contributed by atoms with Crippen LogP contribution in [0.3, 0.4) is 0 Å². The molecule has 0 radical (unpaired) electrons. The van der Waals surface area contributed by atoms with E-state index in [1.54, 1.807) is 19.0 Å². The summed E-state index contributed by atoms with van der Waals surface area (Å²) in [5, 5.41) is 0. The van der Waals surface area contributed by atoms with E-state index in [0.29, 0.717) is 13.2 Å². The van der Waals surface area contributed by atoms with E-state index in [1.165, 1.54) is 6.92 Å². The van der Waals surface area contributed by atoms with Crippen LogP contribution in [0.25, 0.3) is 0 Å². The van der Waals surface area contributed by atoms with Crippen molar-refractivity contribution in [2.24, 2.45) is 0 Å². The summed E-state index contributed by atoms with van der Waals surface area (Å²) in [6.07, 6.45) is 0. The van der Waals surface area contributed by atoms with E-state index in [-0.39, 0.29) is 5.91 Å². The van der Waals surface area contributed by atoms with Gasteiger partial charge in [0.1, 0.15) is 0 Å². The zero-order valence-corrected chi connectivity index (χ0v) is 6.68. The third-order valence-electron chi connectivity index (χ3n) is 1.21. The first kappa shape index (κ1) is 9.39. The molecule has 0 bridgehead atoms. The maximum absolute atomic E-state index is 10.6. The lowest BCUT2D eigenvalue weighted by Crippen LogP contribution is -2.29. The molecule has 0 rings (SSSR count). The van der Waals surface area contributed by atoms with Gasteiger partial charge in [-0.15, -0.1) is 0 Å². The van der Waals surface area contributed by atoms with Crippen molar-refractivity contribution in [3.63, 3.8) is 0 Å². The predicted octanol–water partition coefficient (Wildman–Crippen LogP) is -0.384. The van der Waals surface area contributed by atoms with E-state index in [9.17, 15) is 4.79 Å². The van der Waals surface area contributed by atoms with E-state index in [4.69, 9.17) is 4.84 Å². The Bertz CT molecular complexity index is 106. The molecule has 0 aliphatic heterocycles.